The number of aliphatic hydroxyl groups is 2. The van der Waals surface area contributed by atoms with Gasteiger partial charge in [0.15, 0.2) is 22.7 Å². The molecule has 5 atom stereocenters. The summed E-state index contributed by atoms with van der Waals surface area (Å²) in [7, 11) is -7.35. The molecule has 19 nitrogen and oxygen atoms in total. The Kier molecular flexibility index (Phi) is 19.3. The molecule has 2 saturated carbocycles. The normalized spacial score (nSPS) is 21.5. The van der Waals surface area contributed by atoms with Crippen molar-refractivity contribution in [3.8, 4) is 11.8 Å². The number of halogens is 1. The number of aromatic nitrogens is 4. The molecule has 2 aliphatic carbocycles. The molecule has 1 amide bonds. The van der Waals surface area contributed by atoms with E-state index in [0.29, 0.717) is 66.7 Å². The molecule has 2 aromatic heterocycles. The number of carbonyl (C=O) groups excluding carboxylic acids is 3. The van der Waals surface area contributed by atoms with Crippen molar-refractivity contribution < 1.29 is 55.1 Å². The summed E-state index contributed by atoms with van der Waals surface area (Å²) in [6, 6.07) is 16.2. The zero-order valence-electron chi connectivity index (χ0n) is 47.5. The van der Waals surface area contributed by atoms with Gasteiger partial charge >= 0.3 is 0 Å². The smallest absolute Gasteiger partial charge is 0.294 e. The Morgan fingerprint density at radius 2 is 1.65 bits per heavy atom. The third-order valence-corrected chi connectivity index (χ3v) is 17.6. The topological polar surface area (TPSA) is 277 Å². The Morgan fingerprint density at radius 1 is 0.939 bits per heavy atom. The van der Waals surface area contributed by atoms with Crippen molar-refractivity contribution in [3.63, 3.8) is 0 Å². The average Bonchev–Trinajstić information content (AvgIpc) is 2.84. The molecule has 1 unspecified atom stereocenters. The summed E-state index contributed by atoms with van der Waals surface area (Å²) in [5.41, 5.74) is 5.31. The van der Waals surface area contributed by atoms with Crippen molar-refractivity contribution in [1.82, 2.24) is 24.8 Å². The first kappa shape index (κ1) is 62.7. The number of fused-ring (bicyclic) bond motifs is 4. The minimum Gasteiger partial charge on any atom is -0.744 e. The van der Waals surface area contributed by atoms with Crippen LogP contribution in [0.25, 0.3) is 11.2 Å². The number of hydrogen-bond donors (Lipinski definition) is 5. The number of ketones is 1. The SMILES string of the molecule is CC#Cc1nc(NCc2cccc(Cl)c2)c2ncn([C@@H]3[C@H]4C[C@@]4(C=O)C(O)[C@@H]3O)c2n1.CCC(=O)CCCCC[N+]1=C(/C=C/C=C/C=C2\N(CC)c3ccc(S(=O)(=O)O)cc3C2(C)C)C(C)(C)c2cc(S(=O)(=O)[O-])ccc21.CNC(C)=O. The van der Waals surface area contributed by atoms with Crippen LogP contribution in [0.3, 0.4) is 0 Å². The largest absolute Gasteiger partial charge is 0.744 e. The summed E-state index contributed by atoms with van der Waals surface area (Å²) in [6.07, 6.45) is 14.1. The maximum Gasteiger partial charge on any atom is 0.294 e. The lowest BCUT2D eigenvalue weighted by atomic mass is 9.81. The van der Waals surface area contributed by atoms with Crippen molar-refractivity contribution in [2.45, 2.75) is 139 Å². The van der Waals surface area contributed by atoms with Crippen LogP contribution in [0.2, 0.25) is 5.02 Å². The van der Waals surface area contributed by atoms with Crippen molar-refractivity contribution in [2.75, 3.05) is 30.4 Å². The van der Waals surface area contributed by atoms with Crippen LogP contribution in [0.5, 0.6) is 0 Å². The zero-order valence-corrected chi connectivity index (χ0v) is 49.9. The molecule has 0 radical (unpaired) electrons. The summed E-state index contributed by atoms with van der Waals surface area (Å²) < 4.78 is 72.6. The maximum absolute atomic E-state index is 11.8. The average molecular weight is 1180 g/mol. The lowest BCUT2D eigenvalue weighted by molar-refractivity contribution is -0.438. The molecule has 82 heavy (non-hydrogen) atoms. The molecule has 436 valence electrons. The third-order valence-electron chi connectivity index (χ3n) is 15.7. The quantitative estimate of drug-likeness (QED) is 0.0138. The summed E-state index contributed by atoms with van der Waals surface area (Å²) in [6.45, 7) is 16.9. The standard InChI is InChI=1S/C35H44N2O7S2.C22H20ClN5O3.C3H7NO/c1-7-25(38)15-11-10-14-22-37-31-21-19-27(46(42,43)44)24-29(31)35(5,6)33(37)17-13-9-12-16-32-34(3,4)28-23-26(45(39,40)41)18-20-30(28)36(32)8-2;1-2-4-15-26-20(24-9-12-5-3-6-13(23)7-12)16-21(27-15)28(11-25-16)17-14-8-22(14,10-29)19(31)18(17)30;1-3(5)4-2/h9,12-13,16-21,23-24H,7-8,10-11,14-15,22H2,1-6H3,(H-,39,40,41,42,43,44);3,5-7,10-11,14,17-19,30-31H,8-9H2,1H3,(H,24,26,27);1-2H3,(H,4,5)/t;14-,17-,18-,19?,22+;/m.1./s1. The van der Waals surface area contributed by atoms with E-state index in [-0.39, 0.29) is 27.4 Å². The van der Waals surface area contributed by atoms with Crippen molar-refractivity contribution in [2.24, 2.45) is 11.3 Å². The first-order valence-electron chi connectivity index (χ1n) is 27.1. The van der Waals surface area contributed by atoms with Gasteiger partial charge in [-0.25, -0.2) is 23.4 Å². The first-order chi connectivity index (χ1) is 38.7. The monoisotopic (exact) mass is 1180 g/mol. The van der Waals surface area contributed by atoms with Crippen LogP contribution in [0.15, 0.2) is 113 Å². The van der Waals surface area contributed by atoms with E-state index >= 15 is 0 Å². The van der Waals surface area contributed by atoms with Crippen LogP contribution in [0.1, 0.15) is 122 Å². The minimum atomic E-state index is -4.61. The number of unbranched alkanes of at least 4 members (excludes halogenated alkanes) is 2. The first-order valence-corrected chi connectivity index (χ1v) is 30.3. The van der Waals surface area contributed by atoms with Gasteiger partial charge in [-0.1, -0.05) is 68.7 Å². The maximum atomic E-state index is 11.8. The Labute approximate surface area is 484 Å². The molecule has 22 heteroatoms. The number of aliphatic hydroxyl groups excluding tert-OH is 2. The van der Waals surface area contributed by atoms with Gasteiger partial charge in [0.2, 0.25) is 17.4 Å². The molecular weight excluding hydrogens is 1110 g/mol. The molecule has 9 rings (SSSR count). The van der Waals surface area contributed by atoms with Gasteiger partial charge < -0.3 is 39.7 Å². The number of nitrogens with zero attached hydrogens (tertiary/aromatic N) is 6. The molecule has 0 bridgehead atoms. The Balaban J connectivity index is 0.000000231. The highest BCUT2D eigenvalue weighted by atomic mass is 35.5. The molecule has 0 spiro atoms. The van der Waals surface area contributed by atoms with Crippen LogP contribution < -0.4 is 15.5 Å². The van der Waals surface area contributed by atoms with Gasteiger partial charge in [0, 0.05) is 85.9 Å². The van der Waals surface area contributed by atoms with E-state index in [4.69, 9.17) is 11.6 Å². The lowest BCUT2D eigenvalue weighted by Gasteiger charge is -2.25. The van der Waals surface area contributed by atoms with E-state index in [9.17, 15) is 50.5 Å². The second-order valence-corrected chi connectivity index (χ2v) is 24.9. The number of anilines is 2. The Morgan fingerprint density at radius 3 is 2.27 bits per heavy atom. The summed E-state index contributed by atoms with van der Waals surface area (Å²) in [4.78, 5) is 48.3. The number of likely N-dealkylation sites (N-methyl/N-ethyl adjacent to an activating group) is 1. The van der Waals surface area contributed by atoms with Gasteiger partial charge in [0.05, 0.1) is 39.1 Å². The summed E-state index contributed by atoms with van der Waals surface area (Å²) >= 11 is 6.07. The van der Waals surface area contributed by atoms with Crippen molar-refractivity contribution in [1.29, 1.82) is 0 Å². The van der Waals surface area contributed by atoms with Crippen LogP contribution in [-0.4, -0.2) is 116 Å². The molecule has 4 aliphatic rings. The number of imidazole rings is 1. The lowest BCUT2D eigenvalue weighted by Crippen LogP contribution is -2.34. The number of Topliss-reactive ketones (excluding diaryl/α,β-unsaturated/α-hetero) is 1. The summed E-state index contributed by atoms with van der Waals surface area (Å²) in [5, 5.41) is 27.4. The molecule has 3 aromatic carbocycles. The number of benzene rings is 3. The van der Waals surface area contributed by atoms with Gasteiger partial charge in [-0.05, 0) is 118 Å². The molecule has 2 aliphatic heterocycles. The number of nitrogens with one attached hydrogen (secondary N) is 2. The van der Waals surface area contributed by atoms with Crippen molar-refractivity contribution in [3.05, 3.63) is 131 Å². The van der Waals surface area contributed by atoms with Gasteiger partial charge in [0.1, 0.15) is 34.8 Å². The number of carbonyl (C=O) groups is 3. The Hall–Kier alpha value is -6.90. The second kappa shape index (κ2) is 25.3. The van der Waals surface area contributed by atoms with Gasteiger partial charge in [-0.15, -0.1) is 0 Å². The van der Waals surface area contributed by atoms with Crippen LogP contribution in [0, 0.1) is 23.2 Å². The van der Waals surface area contributed by atoms with Gasteiger partial charge in [-0.2, -0.15) is 13.0 Å². The van der Waals surface area contributed by atoms with Crippen LogP contribution in [0.4, 0.5) is 17.2 Å². The fraction of sp³-hybridized carbons (Fsp3) is 0.417. The molecule has 5 N–H and O–H groups in total. The number of hydrogen-bond acceptors (Lipinski definition) is 15. The predicted octanol–water partition coefficient (Wildman–Crippen LogP) is 8.26. The summed E-state index contributed by atoms with van der Waals surface area (Å²) in [5.74, 6) is 6.59. The number of allylic oxidation sites excluding steroid dienone is 6. The molecule has 0 saturated heterocycles. The van der Waals surface area contributed by atoms with E-state index < -0.39 is 54.7 Å². The van der Waals surface area contributed by atoms with Gasteiger partial charge in [-0.3, -0.25) is 14.1 Å². The van der Waals surface area contributed by atoms with E-state index in [1.165, 1.54) is 31.2 Å². The highest BCUT2D eigenvalue weighted by molar-refractivity contribution is 7.86. The molecule has 4 heterocycles. The highest BCUT2D eigenvalue weighted by Gasteiger charge is 2.72. The Bertz CT molecular complexity index is 3710. The van der Waals surface area contributed by atoms with E-state index in [1.807, 2.05) is 96.2 Å². The zero-order chi connectivity index (χ0) is 60.1. The number of amides is 1. The minimum absolute atomic E-state index is 0.00463. The molecule has 5 aromatic rings. The second-order valence-electron chi connectivity index (χ2n) is 21.7. The van der Waals surface area contributed by atoms with Gasteiger partial charge in [0.25, 0.3) is 10.1 Å². The van der Waals surface area contributed by atoms with E-state index in [1.54, 1.807) is 37.0 Å². The van der Waals surface area contributed by atoms with Crippen molar-refractivity contribution >= 4 is 83.9 Å². The fourth-order valence-corrected chi connectivity index (χ4v) is 12.4. The van der Waals surface area contributed by atoms with Crippen LogP contribution in [-0.2, 0) is 52.0 Å². The number of rotatable bonds is 18. The number of aldehydes is 1. The highest BCUT2D eigenvalue weighted by Crippen LogP contribution is 2.66. The fourth-order valence-electron chi connectivity index (χ4n) is 11.2. The van der Waals surface area contributed by atoms with Crippen LogP contribution >= 0.6 is 11.6 Å². The third kappa shape index (κ3) is 13.1. The molecular formula is C60H71ClN8O11S2. The van der Waals surface area contributed by atoms with E-state index in [0.717, 1.165) is 65.0 Å². The predicted molar refractivity (Wildman–Crippen MR) is 314 cm³/mol. The molecule has 2 fully saturated rings. The van der Waals surface area contributed by atoms with E-state index in [2.05, 4.69) is 46.9 Å².